The molecule has 8 aromatic rings. The molecule has 5 heteroatoms. The molecule has 5 aromatic carbocycles. The Balaban J connectivity index is 1.28. The lowest BCUT2D eigenvalue weighted by molar-refractivity contribution is 1.07. The first-order chi connectivity index (χ1) is 19.8. The van der Waals surface area contributed by atoms with E-state index in [0.717, 1.165) is 45.1 Å². The fourth-order valence-electron chi connectivity index (χ4n) is 5.65. The topological polar surface area (TPSA) is 48.5 Å². The minimum Gasteiger partial charge on any atom is -0.309 e. The molecule has 5 nitrogen and oxygen atoms in total. The lowest BCUT2D eigenvalue weighted by Crippen LogP contribution is -2.00. The molecule has 0 amide bonds. The summed E-state index contributed by atoms with van der Waals surface area (Å²) >= 11 is 0. The van der Waals surface area contributed by atoms with Gasteiger partial charge in [0.1, 0.15) is 0 Å². The molecular formula is C35H23N5. The molecule has 8 rings (SSSR count). The Morgan fingerprint density at radius 2 is 1.05 bits per heavy atom. The zero-order valence-corrected chi connectivity index (χ0v) is 21.5. The highest BCUT2D eigenvalue weighted by molar-refractivity contribution is 6.09. The molecule has 0 atom stereocenters. The average Bonchev–Trinajstić information content (AvgIpc) is 3.62. The molecule has 0 saturated heterocycles. The Kier molecular flexibility index (Phi) is 5.07. The van der Waals surface area contributed by atoms with Crippen molar-refractivity contribution in [2.45, 2.75) is 0 Å². The Bertz CT molecular complexity index is 2100. The minimum absolute atomic E-state index is 0.790. The first-order valence-corrected chi connectivity index (χ1v) is 13.3. The SMILES string of the molecule is c1ccc(-n2c(-c3ccc(-n4c5ccccc5c5ccccc54)cc3)nnc2-c2ccc3ncccc3c2)cc1. The van der Waals surface area contributed by atoms with Crippen LogP contribution in [-0.2, 0) is 0 Å². The molecule has 0 fully saturated rings. The molecule has 0 unspecified atom stereocenters. The highest BCUT2D eigenvalue weighted by Crippen LogP contribution is 2.34. The first kappa shape index (κ1) is 22.4. The second-order valence-corrected chi connectivity index (χ2v) is 9.85. The quantitative estimate of drug-likeness (QED) is 0.238. The maximum Gasteiger partial charge on any atom is 0.168 e. The van der Waals surface area contributed by atoms with E-state index in [1.54, 1.807) is 0 Å². The van der Waals surface area contributed by atoms with Crippen LogP contribution in [0.25, 0.3) is 66.9 Å². The molecule has 0 aliphatic carbocycles. The van der Waals surface area contributed by atoms with E-state index in [9.17, 15) is 0 Å². The van der Waals surface area contributed by atoms with Crippen LogP contribution in [0.4, 0.5) is 0 Å². The van der Waals surface area contributed by atoms with E-state index in [2.05, 4.69) is 122 Å². The van der Waals surface area contributed by atoms with E-state index < -0.39 is 0 Å². The van der Waals surface area contributed by atoms with Gasteiger partial charge in [-0.15, -0.1) is 10.2 Å². The maximum atomic E-state index is 4.70. The standard InChI is InChI=1S/C35H23N5/c1-2-10-27(11-3-1)40-34(37-38-35(40)26-18-21-31-25(23-26)9-8-22-36-31)24-16-19-28(20-17-24)39-32-14-6-4-12-29(32)30-13-5-7-15-33(30)39/h1-23H. The van der Waals surface area contributed by atoms with Gasteiger partial charge in [-0.05, 0) is 72.8 Å². The molecule has 0 saturated carbocycles. The van der Waals surface area contributed by atoms with Gasteiger partial charge in [0.2, 0.25) is 0 Å². The molecule has 0 radical (unpaired) electrons. The number of fused-ring (bicyclic) bond motifs is 4. The highest BCUT2D eigenvalue weighted by atomic mass is 15.3. The van der Waals surface area contributed by atoms with Gasteiger partial charge in [-0.25, -0.2) is 0 Å². The van der Waals surface area contributed by atoms with Gasteiger partial charge in [0, 0.05) is 44.9 Å². The summed E-state index contributed by atoms with van der Waals surface area (Å²) in [7, 11) is 0. The Hall–Kier alpha value is -5.55. The fraction of sp³-hybridized carbons (Fsp3) is 0. The fourth-order valence-corrected chi connectivity index (χ4v) is 5.65. The van der Waals surface area contributed by atoms with Gasteiger partial charge in [-0.3, -0.25) is 9.55 Å². The van der Waals surface area contributed by atoms with Crippen molar-refractivity contribution >= 4 is 32.7 Å². The summed E-state index contributed by atoms with van der Waals surface area (Å²) in [6.45, 7) is 0. The van der Waals surface area contributed by atoms with Crippen molar-refractivity contribution < 1.29 is 0 Å². The highest BCUT2D eigenvalue weighted by Gasteiger charge is 2.18. The summed E-state index contributed by atoms with van der Waals surface area (Å²) in [5.41, 5.74) is 7.44. The van der Waals surface area contributed by atoms with Crippen LogP contribution in [-0.4, -0.2) is 24.3 Å². The summed E-state index contributed by atoms with van der Waals surface area (Å²) in [5, 5.41) is 13.0. The third-order valence-corrected chi connectivity index (χ3v) is 7.50. The zero-order valence-electron chi connectivity index (χ0n) is 21.5. The number of hydrogen-bond acceptors (Lipinski definition) is 3. The molecule has 188 valence electrons. The zero-order chi connectivity index (χ0) is 26.5. The van der Waals surface area contributed by atoms with Gasteiger partial charge in [0.25, 0.3) is 0 Å². The Morgan fingerprint density at radius 1 is 0.450 bits per heavy atom. The Labute approximate surface area is 230 Å². The summed E-state index contributed by atoms with van der Waals surface area (Å²) in [4.78, 5) is 4.47. The van der Waals surface area contributed by atoms with Crippen LogP contribution >= 0.6 is 0 Å². The second-order valence-electron chi connectivity index (χ2n) is 9.85. The van der Waals surface area contributed by atoms with Crippen molar-refractivity contribution in [2.75, 3.05) is 0 Å². The normalized spacial score (nSPS) is 11.5. The predicted octanol–water partition coefficient (Wildman–Crippen LogP) is 8.25. The van der Waals surface area contributed by atoms with Crippen LogP contribution in [0.5, 0.6) is 0 Å². The van der Waals surface area contributed by atoms with Gasteiger partial charge >= 0.3 is 0 Å². The average molecular weight is 514 g/mol. The molecular weight excluding hydrogens is 490 g/mol. The van der Waals surface area contributed by atoms with Crippen LogP contribution in [0.15, 0.2) is 140 Å². The third kappa shape index (κ3) is 3.52. The van der Waals surface area contributed by atoms with Gasteiger partial charge in [0.15, 0.2) is 11.6 Å². The molecule has 40 heavy (non-hydrogen) atoms. The van der Waals surface area contributed by atoms with E-state index in [1.807, 2.05) is 36.5 Å². The molecule has 0 aliphatic rings. The second kappa shape index (κ2) is 9.03. The van der Waals surface area contributed by atoms with E-state index >= 15 is 0 Å². The molecule has 0 bridgehead atoms. The predicted molar refractivity (Wildman–Crippen MR) is 162 cm³/mol. The van der Waals surface area contributed by atoms with Crippen LogP contribution < -0.4 is 0 Å². The number of para-hydroxylation sites is 3. The number of nitrogens with zero attached hydrogens (tertiary/aromatic N) is 5. The number of benzene rings is 5. The summed E-state index contributed by atoms with van der Waals surface area (Å²) in [6, 6.07) is 46.3. The molecule has 3 heterocycles. The minimum atomic E-state index is 0.790. The van der Waals surface area contributed by atoms with E-state index in [4.69, 9.17) is 5.10 Å². The van der Waals surface area contributed by atoms with Gasteiger partial charge in [0.05, 0.1) is 16.6 Å². The maximum absolute atomic E-state index is 4.70. The van der Waals surface area contributed by atoms with Crippen LogP contribution in [0, 0.1) is 0 Å². The summed E-state index contributed by atoms with van der Waals surface area (Å²) in [5.74, 6) is 1.58. The van der Waals surface area contributed by atoms with E-state index in [1.165, 1.54) is 21.8 Å². The van der Waals surface area contributed by atoms with Crippen molar-refractivity contribution in [2.24, 2.45) is 0 Å². The van der Waals surface area contributed by atoms with E-state index in [0.29, 0.717) is 0 Å². The lowest BCUT2D eigenvalue weighted by atomic mass is 10.1. The van der Waals surface area contributed by atoms with Crippen molar-refractivity contribution in [3.05, 3.63) is 140 Å². The van der Waals surface area contributed by atoms with Crippen molar-refractivity contribution in [3.63, 3.8) is 0 Å². The summed E-state index contributed by atoms with van der Waals surface area (Å²) in [6.07, 6.45) is 1.82. The van der Waals surface area contributed by atoms with Crippen molar-refractivity contribution in [1.82, 2.24) is 24.3 Å². The molecule has 3 aromatic heterocycles. The van der Waals surface area contributed by atoms with Crippen LogP contribution in [0.1, 0.15) is 0 Å². The van der Waals surface area contributed by atoms with Crippen LogP contribution in [0.2, 0.25) is 0 Å². The molecule has 0 aliphatic heterocycles. The number of pyridine rings is 1. The third-order valence-electron chi connectivity index (χ3n) is 7.50. The molecule has 0 spiro atoms. The van der Waals surface area contributed by atoms with E-state index in [-0.39, 0.29) is 0 Å². The van der Waals surface area contributed by atoms with Gasteiger partial charge < -0.3 is 4.57 Å². The number of aromatic nitrogens is 5. The lowest BCUT2D eigenvalue weighted by Gasteiger charge is -2.12. The van der Waals surface area contributed by atoms with Crippen molar-refractivity contribution in [1.29, 1.82) is 0 Å². The monoisotopic (exact) mass is 513 g/mol. The van der Waals surface area contributed by atoms with Crippen molar-refractivity contribution in [3.8, 4) is 34.2 Å². The largest absolute Gasteiger partial charge is 0.309 e. The van der Waals surface area contributed by atoms with Gasteiger partial charge in [-0.2, -0.15) is 0 Å². The first-order valence-electron chi connectivity index (χ1n) is 13.3. The summed E-state index contributed by atoms with van der Waals surface area (Å²) < 4.78 is 4.46. The van der Waals surface area contributed by atoms with Crippen LogP contribution in [0.3, 0.4) is 0 Å². The molecule has 0 N–H and O–H groups in total. The number of hydrogen-bond donors (Lipinski definition) is 0. The van der Waals surface area contributed by atoms with Gasteiger partial charge in [-0.1, -0.05) is 60.7 Å². The smallest absolute Gasteiger partial charge is 0.168 e. The Morgan fingerprint density at radius 3 is 1.77 bits per heavy atom. The number of rotatable bonds is 4.